The molecule has 0 spiro atoms. The Hall–Kier alpha value is -2.52. The summed E-state index contributed by atoms with van der Waals surface area (Å²) in [6.07, 6.45) is 0. The Morgan fingerprint density at radius 3 is 1.31 bits per heavy atom. The highest BCUT2D eigenvalue weighted by Crippen LogP contribution is 2.32. The molecule has 2 aromatic rings. The quantitative estimate of drug-likeness (QED) is 0.283. The zero-order valence-corrected chi connectivity index (χ0v) is 23.3. The number of nitrogens with two attached hydrogens (primary N) is 2. The molecule has 0 aliphatic rings. The highest BCUT2D eigenvalue weighted by atomic mass is 35.5. The van der Waals surface area contributed by atoms with Gasteiger partial charge in [0.25, 0.3) is 0 Å². The van der Waals surface area contributed by atoms with Crippen LogP contribution in [0.25, 0.3) is 11.1 Å². The van der Waals surface area contributed by atoms with E-state index in [2.05, 4.69) is 37.5 Å². The van der Waals surface area contributed by atoms with Gasteiger partial charge in [0.2, 0.25) is 0 Å². The van der Waals surface area contributed by atoms with Crippen LogP contribution in [0.5, 0.6) is 0 Å². The zero-order valence-electron chi connectivity index (χ0n) is 21.6. The van der Waals surface area contributed by atoms with Gasteiger partial charge in [0.05, 0.1) is 11.1 Å². The standard InChI is InChI=1S/C26H38N4O4.2ClH/c1-5-29(6-2)13-15-33-25(31)21-11-9-19(27)17-23(21)24-18-20(28)10-12-22(24)26(32)34-16-14-30(7-3)8-4;;/h9-12,17-18H,5-8,13-16,27-28H2,1-4H3;2*1H. The fourth-order valence-corrected chi connectivity index (χ4v) is 3.70. The second kappa shape index (κ2) is 17.0. The van der Waals surface area contributed by atoms with Crippen molar-refractivity contribution in [3.8, 4) is 11.1 Å². The Morgan fingerprint density at radius 1 is 0.667 bits per heavy atom. The number of likely N-dealkylation sites (N-methyl/N-ethyl adjacent to an activating group) is 2. The van der Waals surface area contributed by atoms with Crippen LogP contribution in [0.3, 0.4) is 0 Å². The molecule has 0 aliphatic carbocycles. The maximum atomic E-state index is 13.0. The number of rotatable bonds is 13. The molecule has 0 saturated heterocycles. The van der Waals surface area contributed by atoms with E-state index in [0.717, 1.165) is 26.2 Å². The lowest BCUT2D eigenvalue weighted by Crippen LogP contribution is -2.28. The molecule has 0 bridgehead atoms. The molecule has 0 fully saturated rings. The predicted molar refractivity (Wildman–Crippen MR) is 151 cm³/mol. The molecule has 8 nitrogen and oxygen atoms in total. The molecule has 0 atom stereocenters. The fraction of sp³-hybridized carbons (Fsp3) is 0.462. The fourth-order valence-electron chi connectivity index (χ4n) is 3.70. The van der Waals surface area contributed by atoms with E-state index in [1.165, 1.54) is 0 Å². The van der Waals surface area contributed by atoms with E-state index in [0.29, 0.717) is 46.7 Å². The highest BCUT2D eigenvalue weighted by Gasteiger charge is 2.21. The molecule has 0 aliphatic heterocycles. The molecule has 4 N–H and O–H groups in total. The number of nitrogens with zero attached hydrogens (tertiary/aromatic N) is 2. The first-order valence-corrected chi connectivity index (χ1v) is 11.9. The SMILES string of the molecule is CCN(CC)CCOC(=O)c1ccc(N)cc1-c1cc(N)ccc1C(=O)OCCN(CC)CC.Cl.Cl. The second-order valence-electron chi connectivity index (χ2n) is 7.94. The smallest absolute Gasteiger partial charge is 0.338 e. The van der Waals surface area contributed by atoms with Crippen molar-refractivity contribution in [3.63, 3.8) is 0 Å². The summed E-state index contributed by atoms with van der Waals surface area (Å²) in [7, 11) is 0. The summed E-state index contributed by atoms with van der Waals surface area (Å²) in [4.78, 5) is 30.2. The molecule has 0 saturated carbocycles. The summed E-state index contributed by atoms with van der Waals surface area (Å²) in [6, 6.07) is 9.81. The van der Waals surface area contributed by atoms with Crippen molar-refractivity contribution in [2.75, 3.05) is 63.9 Å². The van der Waals surface area contributed by atoms with Gasteiger partial charge in [-0.25, -0.2) is 9.59 Å². The minimum atomic E-state index is -0.481. The molecule has 0 radical (unpaired) electrons. The Labute approximate surface area is 227 Å². The van der Waals surface area contributed by atoms with Gasteiger partial charge in [-0.3, -0.25) is 0 Å². The molecule has 36 heavy (non-hydrogen) atoms. The first kappa shape index (κ1) is 33.5. The van der Waals surface area contributed by atoms with E-state index in [1.807, 2.05) is 0 Å². The average molecular weight is 544 g/mol. The Kier molecular flexibility index (Phi) is 15.8. The van der Waals surface area contributed by atoms with Crippen LogP contribution >= 0.6 is 24.8 Å². The minimum Gasteiger partial charge on any atom is -0.461 e. The lowest BCUT2D eigenvalue weighted by Gasteiger charge is -2.19. The topological polar surface area (TPSA) is 111 Å². The van der Waals surface area contributed by atoms with Crippen molar-refractivity contribution in [2.45, 2.75) is 27.7 Å². The van der Waals surface area contributed by atoms with Crippen molar-refractivity contribution in [3.05, 3.63) is 47.5 Å². The summed E-state index contributed by atoms with van der Waals surface area (Å²) in [6.45, 7) is 13.6. The van der Waals surface area contributed by atoms with Crippen LogP contribution in [-0.4, -0.2) is 74.2 Å². The van der Waals surface area contributed by atoms with E-state index in [1.54, 1.807) is 36.4 Å². The van der Waals surface area contributed by atoms with Crippen LogP contribution in [0.2, 0.25) is 0 Å². The van der Waals surface area contributed by atoms with Crippen molar-refractivity contribution in [2.24, 2.45) is 0 Å². The van der Waals surface area contributed by atoms with Gasteiger partial charge in [-0.1, -0.05) is 27.7 Å². The van der Waals surface area contributed by atoms with E-state index in [4.69, 9.17) is 20.9 Å². The van der Waals surface area contributed by atoms with Crippen LogP contribution in [-0.2, 0) is 9.47 Å². The third-order valence-electron chi connectivity index (χ3n) is 5.89. The number of hydrogen-bond donors (Lipinski definition) is 2. The maximum absolute atomic E-state index is 13.0. The van der Waals surface area contributed by atoms with Gasteiger partial charge in [-0.15, -0.1) is 24.8 Å². The Balaban J connectivity index is 0.00000612. The maximum Gasteiger partial charge on any atom is 0.338 e. The summed E-state index contributed by atoms with van der Waals surface area (Å²) in [5.41, 5.74) is 14.6. The Bertz CT molecular complexity index is 889. The number of benzene rings is 2. The zero-order chi connectivity index (χ0) is 25.1. The highest BCUT2D eigenvalue weighted by molar-refractivity contribution is 6.04. The average Bonchev–Trinajstić information content (AvgIpc) is 2.84. The van der Waals surface area contributed by atoms with Crippen LogP contribution in [0, 0.1) is 0 Å². The lowest BCUT2D eigenvalue weighted by molar-refractivity contribution is 0.0456. The number of nitrogen functional groups attached to an aromatic ring is 2. The third-order valence-corrected chi connectivity index (χ3v) is 5.89. The summed E-state index contributed by atoms with van der Waals surface area (Å²) in [5, 5.41) is 0. The molecule has 10 heteroatoms. The van der Waals surface area contributed by atoms with Gasteiger partial charge < -0.3 is 30.7 Å². The number of anilines is 2. The lowest BCUT2D eigenvalue weighted by atomic mass is 9.94. The molecular formula is C26H40Cl2N4O4. The van der Waals surface area contributed by atoms with Gasteiger partial charge in [0.1, 0.15) is 13.2 Å². The van der Waals surface area contributed by atoms with Gasteiger partial charge in [0, 0.05) is 24.5 Å². The van der Waals surface area contributed by atoms with Gasteiger partial charge in [-0.2, -0.15) is 0 Å². The predicted octanol–water partition coefficient (Wildman–Crippen LogP) is 4.36. The number of halogens is 2. The van der Waals surface area contributed by atoms with Crippen molar-refractivity contribution in [1.82, 2.24) is 9.80 Å². The van der Waals surface area contributed by atoms with Crippen LogP contribution in [0.4, 0.5) is 11.4 Å². The van der Waals surface area contributed by atoms with Crippen molar-refractivity contribution < 1.29 is 19.1 Å². The van der Waals surface area contributed by atoms with E-state index >= 15 is 0 Å². The largest absolute Gasteiger partial charge is 0.461 e. The molecule has 0 unspecified atom stereocenters. The molecule has 2 aromatic carbocycles. The first-order chi connectivity index (χ1) is 16.3. The molecule has 202 valence electrons. The summed E-state index contributed by atoms with van der Waals surface area (Å²) < 4.78 is 11.1. The first-order valence-electron chi connectivity index (χ1n) is 11.9. The number of ether oxygens (including phenoxy) is 2. The molecular weight excluding hydrogens is 503 g/mol. The number of carbonyl (C=O) groups excluding carboxylic acids is 2. The number of esters is 2. The molecule has 2 rings (SSSR count). The molecule has 0 heterocycles. The van der Waals surface area contributed by atoms with E-state index in [9.17, 15) is 9.59 Å². The molecule has 0 amide bonds. The normalized spacial score (nSPS) is 10.5. The van der Waals surface area contributed by atoms with Crippen molar-refractivity contribution in [1.29, 1.82) is 0 Å². The van der Waals surface area contributed by atoms with E-state index in [-0.39, 0.29) is 38.0 Å². The van der Waals surface area contributed by atoms with Crippen molar-refractivity contribution >= 4 is 48.1 Å². The Morgan fingerprint density at radius 2 is 1.00 bits per heavy atom. The monoisotopic (exact) mass is 542 g/mol. The van der Waals surface area contributed by atoms with Gasteiger partial charge in [-0.05, 0) is 73.7 Å². The van der Waals surface area contributed by atoms with Crippen LogP contribution in [0.1, 0.15) is 48.4 Å². The third kappa shape index (κ3) is 9.50. The minimum absolute atomic E-state index is 0. The summed E-state index contributed by atoms with van der Waals surface area (Å²) >= 11 is 0. The van der Waals surface area contributed by atoms with Gasteiger partial charge >= 0.3 is 11.9 Å². The van der Waals surface area contributed by atoms with Crippen LogP contribution < -0.4 is 11.5 Å². The molecule has 0 aromatic heterocycles. The van der Waals surface area contributed by atoms with E-state index < -0.39 is 11.9 Å². The summed E-state index contributed by atoms with van der Waals surface area (Å²) in [5.74, 6) is -0.962. The second-order valence-corrected chi connectivity index (χ2v) is 7.94. The number of carbonyl (C=O) groups is 2. The number of hydrogen-bond acceptors (Lipinski definition) is 8. The van der Waals surface area contributed by atoms with Gasteiger partial charge in [0.15, 0.2) is 0 Å². The van der Waals surface area contributed by atoms with Crippen LogP contribution in [0.15, 0.2) is 36.4 Å².